The zero-order chi connectivity index (χ0) is 12.0. The van der Waals surface area contributed by atoms with Gasteiger partial charge in [-0.3, -0.25) is 4.79 Å². The second-order valence-corrected chi connectivity index (χ2v) is 4.97. The second kappa shape index (κ2) is 3.74. The van der Waals surface area contributed by atoms with Crippen LogP contribution in [0.15, 0.2) is 41.3 Å². The fourth-order valence-electron chi connectivity index (χ4n) is 2.48. The number of hydrogen-bond donors (Lipinski definition) is 0. The Kier molecular flexibility index (Phi) is 2.33. The number of rotatable bonds is 0. The van der Waals surface area contributed by atoms with E-state index in [0.717, 1.165) is 22.8 Å². The third-order valence-electron chi connectivity index (χ3n) is 3.29. The van der Waals surface area contributed by atoms with Gasteiger partial charge in [-0.2, -0.15) is 0 Å². The minimum Gasteiger partial charge on any atom is -0.320 e. The summed E-state index contributed by atoms with van der Waals surface area (Å²) in [4.78, 5) is 11.4. The molecule has 3 rings (SSSR count). The van der Waals surface area contributed by atoms with Crippen molar-refractivity contribution < 1.29 is 0 Å². The van der Waals surface area contributed by atoms with Crippen LogP contribution in [0.3, 0.4) is 0 Å². The van der Waals surface area contributed by atoms with E-state index in [-0.39, 0.29) is 5.43 Å². The summed E-state index contributed by atoms with van der Waals surface area (Å²) in [5, 5.41) is 0.764. The molecule has 0 amide bonds. The van der Waals surface area contributed by atoms with Crippen LogP contribution >= 0.6 is 11.6 Å². The highest BCUT2D eigenvalue weighted by molar-refractivity contribution is 6.30. The average Bonchev–Trinajstić information content (AvgIpc) is 2.29. The lowest BCUT2D eigenvalue weighted by Gasteiger charge is -2.27. The summed E-state index contributed by atoms with van der Waals surface area (Å²) in [6.45, 7) is 2.13. The van der Waals surface area contributed by atoms with Gasteiger partial charge < -0.3 is 4.57 Å². The predicted octanol–water partition coefficient (Wildman–Crippen LogP) is 3.15. The van der Waals surface area contributed by atoms with Crippen molar-refractivity contribution in [2.75, 3.05) is 0 Å². The molecule has 2 nitrogen and oxygen atoms in total. The molecule has 86 valence electrons. The first-order chi connectivity index (χ1) is 8.15. The van der Waals surface area contributed by atoms with Crippen LogP contribution < -0.4 is 5.43 Å². The summed E-state index contributed by atoms with van der Waals surface area (Å²) in [5.41, 5.74) is 3.51. The summed E-state index contributed by atoms with van der Waals surface area (Å²) in [7, 11) is 0. The van der Waals surface area contributed by atoms with Crippen LogP contribution in [0.25, 0.3) is 5.69 Å². The highest BCUT2D eigenvalue weighted by Gasteiger charge is 2.20. The Morgan fingerprint density at radius 1 is 1.29 bits per heavy atom. The molecule has 2 aromatic rings. The summed E-state index contributed by atoms with van der Waals surface area (Å²) in [6.07, 6.45) is 2.78. The van der Waals surface area contributed by atoms with Crippen LogP contribution in [0.2, 0.25) is 5.02 Å². The molecule has 0 N–H and O–H groups in total. The van der Waals surface area contributed by atoms with E-state index in [1.165, 1.54) is 5.56 Å². The highest BCUT2D eigenvalue weighted by atomic mass is 35.5. The zero-order valence-electron chi connectivity index (χ0n) is 9.48. The topological polar surface area (TPSA) is 22.0 Å². The first-order valence-corrected chi connectivity index (χ1v) is 6.04. The summed E-state index contributed by atoms with van der Waals surface area (Å²) in [5.74, 6) is 0.342. The van der Waals surface area contributed by atoms with Gasteiger partial charge in [-0.25, -0.2) is 0 Å². The molecule has 1 aliphatic rings. The summed E-state index contributed by atoms with van der Waals surface area (Å²) >= 11 is 6.02. The smallest absolute Gasteiger partial charge is 0.181 e. The van der Waals surface area contributed by atoms with E-state index < -0.39 is 0 Å². The molecule has 0 aliphatic carbocycles. The Bertz CT molecular complexity index is 645. The molecule has 0 saturated heterocycles. The van der Waals surface area contributed by atoms with Gasteiger partial charge in [0.05, 0.1) is 0 Å². The monoisotopic (exact) mass is 245 g/mol. The lowest BCUT2D eigenvalue weighted by Crippen LogP contribution is -2.19. The van der Waals surface area contributed by atoms with Crippen molar-refractivity contribution in [1.29, 1.82) is 0 Å². The minimum atomic E-state index is 0.0699. The van der Waals surface area contributed by atoms with Crippen molar-refractivity contribution in [1.82, 2.24) is 4.57 Å². The Morgan fingerprint density at radius 3 is 2.94 bits per heavy atom. The maximum Gasteiger partial charge on any atom is 0.181 e. The molecule has 3 heteroatoms. The van der Waals surface area contributed by atoms with Crippen LogP contribution in [0.4, 0.5) is 0 Å². The molecule has 0 bridgehead atoms. The Balaban J connectivity index is 2.30. The predicted molar refractivity (Wildman–Crippen MR) is 69.2 cm³/mol. The number of fused-ring (bicyclic) bond motifs is 3. The highest BCUT2D eigenvalue weighted by Crippen LogP contribution is 2.32. The number of aromatic nitrogens is 1. The fraction of sp³-hybridized carbons (Fsp3) is 0.214. The van der Waals surface area contributed by atoms with E-state index in [1.54, 1.807) is 12.1 Å². The number of nitrogens with zero attached hydrogens (tertiary/aromatic N) is 1. The molecule has 17 heavy (non-hydrogen) atoms. The molecular weight excluding hydrogens is 234 g/mol. The van der Waals surface area contributed by atoms with Gasteiger partial charge in [0.15, 0.2) is 5.43 Å². The van der Waals surface area contributed by atoms with E-state index in [0.29, 0.717) is 5.92 Å². The van der Waals surface area contributed by atoms with E-state index in [9.17, 15) is 4.79 Å². The van der Waals surface area contributed by atoms with Crippen LogP contribution in [0.1, 0.15) is 24.1 Å². The van der Waals surface area contributed by atoms with Crippen molar-refractivity contribution in [3.05, 3.63) is 63.0 Å². The molecule has 1 unspecified atom stereocenters. The van der Waals surface area contributed by atoms with E-state index in [4.69, 9.17) is 11.6 Å². The maximum absolute atomic E-state index is 11.4. The Labute approximate surface area is 104 Å². The van der Waals surface area contributed by atoms with Crippen molar-refractivity contribution in [3.8, 4) is 5.69 Å². The standard InChI is InChI=1S/C14H12ClNO/c1-9-6-10-7-11(15)2-3-13(10)16-5-4-12(17)8-14(9)16/h2-5,7-9H,6H2,1H3. The molecule has 1 aliphatic heterocycles. The molecule has 0 saturated carbocycles. The van der Waals surface area contributed by atoms with E-state index in [1.807, 2.05) is 24.4 Å². The summed E-state index contributed by atoms with van der Waals surface area (Å²) in [6, 6.07) is 9.23. The fourth-order valence-corrected chi connectivity index (χ4v) is 2.68. The van der Waals surface area contributed by atoms with Gasteiger partial charge in [-0.15, -0.1) is 0 Å². The molecule has 1 aromatic heterocycles. The van der Waals surface area contributed by atoms with Gasteiger partial charge >= 0.3 is 0 Å². The van der Waals surface area contributed by atoms with Crippen LogP contribution in [-0.2, 0) is 6.42 Å². The molecular formula is C14H12ClNO. The van der Waals surface area contributed by atoms with Crippen LogP contribution in [0.5, 0.6) is 0 Å². The molecule has 0 radical (unpaired) electrons. The van der Waals surface area contributed by atoms with Crippen molar-refractivity contribution >= 4 is 11.6 Å². The number of hydrogen-bond acceptors (Lipinski definition) is 1. The Morgan fingerprint density at radius 2 is 2.12 bits per heavy atom. The molecule has 1 atom stereocenters. The minimum absolute atomic E-state index is 0.0699. The zero-order valence-corrected chi connectivity index (χ0v) is 10.2. The SMILES string of the molecule is CC1Cc2cc(Cl)ccc2-n2ccc(=O)cc21. The first kappa shape index (κ1) is 10.6. The van der Waals surface area contributed by atoms with Gasteiger partial charge in [0.2, 0.25) is 0 Å². The van der Waals surface area contributed by atoms with E-state index in [2.05, 4.69) is 11.5 Å². The Hall–Kier alpha value is -1.54. The van der Waals surface area contributed by atoms with Gasteiger partial charge in [-0.1, -0.05) is 18.5 Å². The van der Waals surface area contributed by atoms with Crippen molar-refractivity contribution in [3.63, 3.8) is 0 Å². The normalized spacial score (nSPS) is 17.4. The second-order valence-electron chi connectivity index (χ2n) is 4.54. The average molecular weight is 246 g/mol. The first-order valence-electron chi connectivity index (χ1n) is 5.66. The lowest BCUT2D eigenvalue weighted by molar-refractivity contribution is 0.664. The molecule has 0 spiro atoms. The largest absolute Gasteiger partial charge is 0.320 e. The van der Waals surface area contributed by atoms with Crippen molar-refractivity contribution in [2.24, 2.45) is 0 Å². The quantitative estimate of drug-likeness (QED) is 0.699. The lowest BCUT2D eigenvalue weighted by atomic mass is 9.92. The number of benzene rings is 1. The third kappa shape index (κ3) is 1.69. The van der Waals surface area contributed by atoms with Crippen LogP contribution in [-0.4, -0.2) is 4.57 Å². The number of pyridine rings is 1. The van der Waals surface area contributed by atoms with Gasteiger partial charge in [0.25, 0.3) is 0 Å². The van der Waals surface area contributed by atoms with Crippen LogP contribution in [0, 0.1) is 0 Å². The summed E-state index contributed by atoms with van der Waals surface area (Å²) < 4.78 is 2.08. The number of halogens is 1. The van der Waals surface area contributed by atoms with Gasteiger partial charge in [-0.05, 0) is 30.2 Å². The van der Waals surface area contributed by atoms with Crippen molar-refractivity contribution in [2.45, 2.75) is 19.3 Å². The third-order valence-corrected chi connectivity index (χ3v) is 3.52. The molecule has 0 fully saturated rings. The molecule has 2 heterocycles. The maximum atomic E-state index is 11.4. The molecule has 1 aromatic carbocycles. The van der Waals surface area contributed by atoms with Gasteiger partial charge in [0, 0.05) is 40.7 Å². The van der Waals surface area contributed by atoms with Gasteiger partial charge in [0.1, 0.15) is 0 Å². The van der Waals surface area contributed by atoms with E-state index >= 15 is 0 Å².